The summed E-state index contributed by atoms with van der Waals surface area (Å²) in [6, 6.07) is 1.84. The molecule has 0 saturated carbocycles. The van der Waals surface area contributed by atoms with Crippen molar-refractivity contribution in [1.82, 2.24) is 14.6 Å². The molecule has 17 heavy (non-hydrogen) atoms. The Labute approximate surface area is 96.7 Å². The van der Waals surface area contributed by atoms with Gasteiger partial charge in [-0.2, -0.15) is 5.10 Å². The van der Waals surface area contributed by atoms with Gasteiger partial charge in [0.2, 0.25) is 0 Å². The van der Waals surface area contributed by atoms with Crippen molar-refractivity contribution in [1.29, 1.82) is 0 Å². The molecule has 5 heteroatoms. The van der Waals surface area contributed by atoms with Crippen LogP contribution < -0.4 is 0 Å². The summed E-state index contributed by atoms with van der Waals surface area (Å²) in [5.41, 5.74) is 1.41. The first kappa shape index (κ1) is 9.77. The second-order valence-electron chi connectivity index (χ2n) is 3.76. The molecule has 3 rings (SSSR count). The van der Waals surface area contributed by atoms with Gasteiger partial charge in [-0.25, -0.2) is 14.3 Å². The number of nitrogens with zero attached hydrogens (tertiary/aromatic N) is 3. The van der Waals surface area contributed by atoms with Crippen LogP contribution in [0.4, 0.5) is 0 Å². The van der Waals surface area contributed by atoms with Gasteiger partial charge in [-0.1, -0.05) is 24.3 Å². The monoisotopic (exact) mass is 227 g/mol. The Hall–Kier alpha value is -2.43. The molecular formula is C12H9N3O2. The molecule has 2 aromatic heterocycles. The highest BCUT2D eigenvalue weighted by atomic mass is 16.4. The van der Waals surface area contributed by atoms with Gasteiger partial charge >= 0.3 is 5.97 Å². The second kappa shape index (κ2) is 3.55. The number of rotatable bonds is 2. The summed E-state index contributed by atoms with van der Waals surface area (Å²) in [6.07, 6.45) is 10.9. The van der Waals surface area contributed by atoms with Gasteiger partial charge in [0, 0.05) is 12.1 Å². The Morgan fingerprint density at radius 2 is 2.12 bits per heavy atom. The lowest BCUT2D eigenvalue weighted by molar-refractivity contribution is 0.0699. The Bertz CT molecular complexity index is 643. The first-order valence-electron chi connectivity index (χ1n) is 5.18. The maximum absolute atomic E-state index is 11.0. The molecule has 0 unspecified atom stereocenters. The Kier molecular flexibility index (Phi) is 2.04. The summed E-state index contributed by atoms with van der Waals surface area (Å²) < 4.78 is 1.58. The molecule has 5 nitrogen and oxygen atoms in total. The van der Waals surface area contributed by atoms with Crippen molar-refractivity contribution < 1.29 is 9.90 Å². The van der Waals surface area contributed by atoms with Crippen LogP contribution in [0, 0.1) is 0 Å². The van der Waals surface area contributed by atoms with Crippen LogP contribution in [-0.4, -0.2) is 25.7 Å². The number of fused-ring (bicyclic) bond motifs is 1. The first-order valence-corrected chi connectivity index (χ1v) is 5.18. The topological polar surface area (TPSA) is 67.5 Å². The van der Waals surface area contributed by atoms with E-state index in [1.165, 1.54) is 6.20 Å². The molecule has 2 heterocycles. The number of carboxylic acids is 1. The summed E-state index contributed by atoms with van der Waals surface area (Å²) in [5, 5.41) is 13.1. The number of hydrogen-bond acceptors (Lipinski definition) is 3. The molecule has 84 valence electrons. The number of aromatic nitrogens is 3. The molecule has 0 fully saturated rings. The highest BCUT2D eigenvalue weighted by molar-refractivity contribution is 5.94. The Morgan fingerprint density at radius 1 is 1.35 bits per heavy atom. The minimum absolute atomic E-state index is 0.123. The number of carbonyl (C=O) groups is 1. The predicted octanol–water partition coefficient (Wildman–Crippen LogP) is 1.64. The van der Waals surface area contributed by atoms with Gasteiger partial charge in [-0.3, -0.25) is 0 Å². The van der Waals surface area contributed by atoms with Crippen molar-refractivity contribution in [2.75, 3.05) is 0 Å². The van der Waals surface area contributed by atoms with Crippen molar-refractivity contribution in [2.45, 2.75) is 5.92 Å². The zero-order valence-electron chi connectivity index (χ0n) is 8.82. The highest BCUT2D eigenvalue weighted by Gasteiger charge is 2.17. The minimum Gasteiger partial charge on any atom is -0.477 e. The van der Waals surface area contributed by atoms with Gasteiger partial charge in [0.1, 0.15) is 5.56 Å². The van der Waals surface area contributed by atoms with Gasteiger partial charge < -0.3 is 5.11 Å². The quantitative estimate of drug-likeness (QED) is 0.846. The van der Waals surface area contributed by atoms with Crippen LogP contribution >= 0.6 is 0 Å². The summed E-state index contributed by atoms with van der Waals surface area (Å²) in [5.74, 6) is -0.885. The van der Waals surface area contributed by atoms with Crippen molar-refractivity contribution in [3.63, 3.8) is 0 Å². The maximum atomic E-state index is 11.0. The van der Waals surface area contributed by atoms with Crippen LogP contribution in [0.15, 0.2) is 42.8 Å². The second-order valence-corrected chi connectivity index (χ2v) is 3.76. The zero-order valence-corrected chi connectivity index (χ0v) is 8.82. The van der Waals surface area contributed by atoms with E-state index in [9.17, 15) is 4.79 Å². The fourth-order valence-corrected chi connectivity index (χ4v) is 1.94. The molecule has 1 N–H and O–H groups in total. The third-order valence-corrected chi connectivity index (χ3v) is 2.75. The molecule has 1 aliphatic rings. The lowest BCUT2D eigenvalue weighted by Crippen LogP contribution is -2.04. The summed E-state index contributed by atoms with van der Waals surface area (Å²) in [4.78, 5) is 15.1. The van der Waals surface area contributed by atoms with E-state index in [0.29, 0.717) is 5.65 Å². The zero-order chi connectivity index (χ0) is 11.8. The molecule has 1 aliphatic carbocycles. The van der Waals surface area contributed by atoms with Crippen molar-refractivity contribution in [2.24, 2.45) is 0 Å². The fraction of sp³-hybridized carbons (Fsp3) is 0.0833. The maximum Gasteiger partial charge on any atom is 0.341 e. The number of allylic oxidation sites excluding steroid dienone is 4. The molecule has 0 aliphatic heterocycles. The molecule has 0 spiro atoms. The van der Waals surface area contributed by atoms with Crippen molar-refractivity contribution in [3.05, 3.63) is 54.0 Å². The van der Waals surface area contributed by atoms with Crippen LogP contribution in [0.2, 0.25) is 0 Å². The van der Waals surface area contributed by atoms with Gasteiger partial charge in [0.25, 0.3) is 0 Å². The van der Waals surface area contributed by atoms with E-state index in [1.807, 2.05) is 30.4 Å². The van der Waals surface area contributed by atoms with Gasteiger partial charge in [0.05, 0.1) is 11.9 Å². The minimum atomic E-state index is -1.01. The molecule has 0 atom stereocenters. The summed E-state index contributed by atoms with van der Waals surface area (Å²) in [7, 11) is 0. The molecule has 0 amide bonds. The summed E-state index contributed by atoms with van der Waals surface area (Å²) in [6.45, 7) is 0. The van der Waals surface area contributed by atoms with Crippen LogP contribution in [0.25, 0.3) is 5.65 Å². The lowest BCUT2D eigenvalue weighted by atomic mass is 10.1. The van der Waals surface area contributed by atoms with E-state index < -0.39 is 5.97 Å². The van der Waals surface area contributed by atoms with E-state index in [2.05, 4.69) is 10.1 Å². The normalized spacial score (nSPS) is 14.8. The van der Waals surface area contributed by atoms with E-state index in [4.69, 9.17) is 5.11 Å². The molecule has 2 aromatic rings. The average molecular weight is 227 g/mol. The molecule has 0 saturated heterocycles. The standard InChI is InChI=1S/C12H9N3O2/c16-12(17)9-7-14-15-10(5-6-13-11(9)15)8-3-1-2-4-8/h1-8H,(H,16,17). The highest BCUT2D eigenvalue weighted by Crippen LogP contribution is 2.23. The third kappa shape index (κ3) is 1.44. The predicted molar refractivity (Wildman–Crippen MR) is 61.0 cm³/mol. The fourth-order valence-electron chi connectivity index (χ4n) is 1.94. The summed E-state index contributed by atoms with van der Waals surface area (Å²) >= 11 is 0. The van der Waals surface area contributed by atoms with E-state index in [-0.39, 0.29) is 11.5 Å². The lowest BCUT2D eigenvalue weighted by Gasteiger charge is -2.07. The van der Waals surface area contributed by atoms with Gasteiger partial charge in [-0.15, -0.1) is 0 Å². The first-order chi connectivity index (χ1) is 8.27. The van der Waals surface area contributed by atoms with Crippen LogP contribution in [0.5, 0.6) is 0 Å². The molecule has 0 radical (unpaired) electrons. The van der Waals surface area contributed by atoms with Gasteiger partial charge in [-0.05, 0) is 6.07 Å². The molecule has 0 aromatic carbocycles. The van der Waals surface area contributed by atoms with Crippen LogP contribution in [-0.2, 0) is 0 Å². The van der Waals surface area contributed by atoms with Gasteiger partial charge in [0.15, 0.2) is 5.65 Å². The SMILES string of the molecule is O=C(O)c1cnn2c(C3C=CC=C3)ccnc12. The smallest absolute Gasteiger partial charge is 0.341 e. The van der Waals surface area contributed by atoms with Crippen LogP contribution in [0.1, 0.15) is 22.0 Å². The van der Waals surface area contributed by atoms with E-state index in [0.717, 1.165) is 5.69 Å². The Morgan fingerprint density at radius 3 is 2.82 bits per heavy atom. The number of carboxylic acid groups (broad SMARTS) is 1. The van der Waals surface area contributed by atoms with Crippen molar-refractivity contribution in [3.8, 4) is 0 Å². The number of hydrogen-bond donors (Lipinski definition) is 1. The van der Waals surface area contributed by atoms with Crippen molar-refractivity contribution >= 4 is 11.6 Å². The molecule has 0 bridgehead atoms. The third-order valence-electron chi connectivity index (χ3n) is 2.75. The molecular weight excluding hydrogens is 218 g/mol. The number of aromatic carboxylic acids is 1. The van der Waals surface area contributed by atoms with E-state index in [1.54, 1.807) is 10.7 Å². The Balaban J connectivity index is 2.23. The van der Waals surface area contributed by atoms with Crippen LogP contribution in [0.3, 0.4) is 0 Å². The van der Waals surface area contributed by atoms with E-state index >= 15 is 0 Å². The largest absolute Gasteiger partial charge is 0.477 e. The average Bonchev–Trinajstić information content (AvgIpc) is 2.97.